The van der Waals surface area contributed by atoms with Gasteiger partial charge in [-0.25, -0.2) is 9.97 Å². The first-order valence-electron chi connectivity index (χ1n) is 5.12. The van der Waals surface area contributed by atoms with E-state index in [4.69, 9.17) is 11.6 Å². The number of anilines is 1. The second-order valence-corrected chi connectivity index (χ2v) is 4.11. The van der Waals surface area contributed by atoms with Crippen molar-refractivity contribution in [2.75, 3.05) is 4.90 Å². The summed E-state index contributed by atoms with van der Waals surface area (Å²) in [6.45, 7) is 0. The predicted molar refractivity (Wildman–Crippen MR) is 63.0 cm³/mol. The van der Waals surface area contributed by atoms with Gasteiger partial charge in [0.05, 0.1) is 5.02 Å². The third kappa shape index (κ3) is 1.54. The minimum absolute atomic E-state index is 0.141. The number of carbonyl (C=O) groups is 1. The minimum Gasteiger partial charge on any atom is -0.367 e. The van der Waals surface area contributed by atoms with Crippen molar-refractivity contribution in [3.05, 3.63) is 47.1 Å². The molecule has 3 rings (SSSR count). The van der Waals surface area contributed by atoms with E-state index in [1.807, 2.05) is 0 Å². The second-order valence-electron chi connectivity index (χ2n) is 3.67. The Labute approximate surface area is 107 Å². The van der Waals surface area contributed by atoms with Crippen molar-refractivity contribution in [1.29, 1.82) is 0 Å². The quantitative estimate of drug-likeness (QED) is 0.835. The van der Waals surface area contributed by atoms with Gasteiger partial charge >= 0.3 is 0 Å². The van der Waals surface area contributed by atoms with Crippen LogP contribution in [0, 0.1) is 0 Å². The smallest absolute Gasteiger partial charge is 0.282 e. The Morgan fingerprint density at radius 1 is 1.22 bits per heavy atom. The molecule has 1 atom stereocenters. The van der Waals surface area contributed by atoms with E-state index in [-0.39, 0.29) is 11.4 Å². The summed E-state index contributed by atoms with van der Waals surface area (Å²) >= 11 is 5.73. The van der Waals surface area contributed by atoms with Crippen molar-refractivity contribution in [3.63, 3.8) is 0 Å². The Morgan fingerprint density at radius 2 is 2.00 bits per heavy atom. The molecule has 0 bridgehead atoms. The lowest BCUT2D eigenvalue weighted by molar-refractivity contribution is 0.0929. The van der Waals surface area contributed by atoms with E-state index in [0.717, 1.165) is 4.90 Å². The summed E-state index contributed by atoms with van der Waals surface area (Å²) in [6.07, 6.45) is 3.06. The van der Waals surface area contributed by atoms with E-state index in [1.165, 1.54) is 18.6 Å². The molecular formula is C11H7ClN4O2. The molecule has 0 spiro atoms. The molecule has 18 heavy (non-hydrogen) atoms. The van der Waals surface area contributed by atoms with Crippen LogP contribution in [0.15, 0.2) is 30.7 Å². The standard InChI is InChI=1S/C11H7ClN4O2/c12-6-1-2-7(15-5-6)16-10(17)8-9(11(16)18)14-4-3-13-8/h1-5,10,17H/t10-/m1/s1. The molecule has 7 heteroatoms. The van der Waals surface area contributed by atoms with Crippen molar-refractivity contribution in [3.8, 4) is 0 Å². The average molecular weight is 263 g/mol. The maximum absolute atomic E-state index is 12.1. The first kappa shape index (κ1) is 11.1. The third-order valence-corrected chi connectivity index (χ3v) is 2.82. The van der Waals surface area contributed by atoms with Crippen LogP contribution in [0.5, 0.6) is 0 Å². The molecule has 1 N–H and O–H groups in total. The fraction of sp³-hybridized carbons (Fsp3) is 0.0909. The number of aromatic nitrogens is 3. The van der Waals surface area contributed by atoms with Gasteiger partial charge in [-0.05, 0) is 12.1 Å². The van der Waals surface area contributed by atoms with Crippen LogP contribution in [0.2, 0.25) is 5.02 Å². The lowest BCUT2D eigenvalue weighted by atomic mass is 10.3. The van der Waals surface area contributed by atoms with Crippen molar-refractivity contribution in [2.45, 2.75) is 6.23 Å². The summed E-state index contributed by atoms with van der Waals surface area (Å²) < 4.78 is 0. The van der Waals surface area contributed by atoms with Gasteiger partial charge in [0.25, 0.3) is 5.91 Å². The van der Waals surface area contributed by atoms with Crippen molar-refractivity contribution in [1.82, 2.24) is 15.0 Å². The molecule has 1 aliphatic rings. The molecule has 1 aliphatic heterocycles. The van der Waals surface area contributed by atoms with Crippen molar-refractivity contribution < 1.29 is 9.90 Å². The average Bonchev–Trinajstić information content (AvgIpc) is 2.64. The third-order valence-electron chi connectivity index (χ3n) is 2.60. The molecule has 6 nitrogen and oxygen atoms in total. The Morgan fingerprint density at radius 3 is 2.67 bits per heavy atom. The van der Waals surface area contributed by atoms with E-state index in [9.17, 15) is 9.90 Å². The number of hydrogen-bond acceptors (Lipinski definition) is 5. The summed E-state index contributed by atoms with van der Waals surface area (Å²) in [6, 6.07) is 3.14. The highest BCUT2D eigenvalue weighted by Gasteiger charge is 2.39. The van der Waals surface area contributed by atoms with Crippen LogP contribution in [0.25, 0.3) is 0 Å². The Kier molecular flexibility index (Phi) is 2.46. The molecule has 2 aromatic rings. The molecule has 0 unspecified atom stereocenters. The topological polar surface area (TPSA) is 79.2 Å². The molecule has 0 aliphatic carbocycles. The number of rotatable bonds is 1. The van der Waals surface area contributed by atoms with Gasteiger partial charge in [-0.15, -0.1) is 0 Å². The number of carbonyl (C=O) groups excluding carboxylic acids is 1. The Balaban J connectivity index is 2.06. The molecule has 0 radical (unpaired) electrons. The van der Waals surface area contributed by atoms with Gasteiger partial charge in [0.2, 0.25) is 0 Å². The van der Waals surface area contributed by atoms with Gasteiger partial charge in [0, 0.05) is 18.6 Å². The van der Waals surface area contributed by atoms with Gasteiger partial charge in [-0.3, -0.25) is 14.7 Å². The van der Waals surface area contributed by atoms with Crippen LogP contribution in [-0.4, -0.2) is 26.0 Å². The molecular weight excluding hydrogens is 256 g/mol. The number of aliphatic hydroxyl groups excluding tert-OH is 1. The number of aliphatic hydroxyl groups is 1. The highest BCUT2D eigenvalue weighted by Crippen LogP contribution is 2.32. The summed E-state index contributed by atoms with van der Waals surface area (Å²) in [5.74, 6) is -0.128. The first-order valence-corrected chi connectivity index (χ1v) is 5.50. The maximum atomic E-state index is 12.1. The zero-order valence-electron chi connectivity index (χ0n) is 8.99. The van der Waals surface area contributed by atoms with Crippen LogP contribution in [0.3, 0.4) is 0 Å². The van der Waals surface area contributed by atoms with E-state index < -0.39 is 12.1 Å². The molecule has 0 saturated heterocycles. The van der Waals surface area contributed by atoms with Gasteiger partial charge < -0.3 is 5.11 Å². The van der Waals surface area contributed by atoms with Gasteiger partial charge in [-0.2, -0.15) is 0 Å². The number of amides is 1. The fourth-order valence-electron chi connectivity index (χ4n) is 1.79. The van der Waals surface area contributed by atoms with Crippen LogP contribution in [0.4, 0.5) is 5.82 Å². The summed E-state index contributed by atoms with van der Waals surface area (Å²) in [4.78, 5) is 25.1. The fourth-order valence-corrected chi connectivity index (χ4v) is 1.90. The van der Waals surface area contributed by atoms with Crippen LogP contribution in [-0.2, 0) is 0 Å². The zero-order chi connectivity index (χ0) is 12.7. The molecule has 2 aromatic heterocycles. The van der Waals surface area contributed by atoms with Gasteiger partial charge in [-0.1, -0.05) is 11.6 Å². The number of hydrogen-bond donors (Lipinski definition) is 1. The number of halogens is 1. The highest BCUT2D eigenvalue weighted by atomic mass is 35.5. The predicted octanol–water partition coefficient (Wildman–Crippen LogP) is 1.18. The number of pyridine rings is 1. The number of fused-ring (bicyclic) bond motifs is 1. The lowest BCUT2D eigenvalue weighted by Crippen LogP contribution is -2.28. The molecule has 0 fully saturated rings. The SMILES string of the molecule is O=C1c2nccnc2[C@@H](O)N1c1ccc(Cl)cn1. The molecule has 90 valence electrons. The van der Waals surface area contributed by atoms with Crippen LogP contribution in [0.1, 0.15) is 22.4 Å². The van der Waals surface area contributed by atoms with E-state index in [1.54, 1.807) is 12.1 Å². The minimum atomic E-state index is -1.17. The normalized spacial score (nSPS) is 18.0. The zero-order valence-corrected chi connectivity index (χ0v) is 9.74. The molecule has 3 heterocycles. The summed E-state index contributed by atoms with van der Waals surface area (Å²) in [7, 11) is 0. The molecule has 0 saturated carbocycles. The highest BCUT2D eigenvalue weighted by molar-refractivity contribution is 6.30. The Bertz CT molecular complexity index is 617. The summed E-state index contributed by atoms with van der Waals surface area (Å²) in [5, 5.41) is 10.5. The van der Waals surface area contributed by atoms with Gasteiger partial charge in [0.1, 0.15) is 11.5 Å². The van der Waals surface area contributed by atoms with Crippen molar-refractivity contribution in [2.24, 2.45) is 0 Å². The van der Waals surface area contributed by atoms with E-state index >= 15 is 0 Å². The molecule has 0 aromatic carbocycles. The van der Waals surface area contributed by atoms with Crippen LogP contribution >= 0.6 is 11.6 Å². The summed E-state index contributed by atoms with van der Waals surface area (Å²) in [5.41, 5.74) is 0.376. The van der Waals surface area contributed by atoms with Gasteiger partial charge in [0.15, 0.2) is 11.9 Å². The van der Waals surface area contributed by atoms with E-state index in [2.05, 4.69) is 15.0 Å². The lowest BCUT2D eigenvalue weighted by Gasteiger charge is -2.18. The maximum Gasteiger partial charge on any atom is 0.282 e. The number of nitrogens with zero attached hydrogens (tertiary/aromatic N) is 4. The Hall–Kier alpha value is -2.05. The second kappa shape index (κ2) is 4.01. The van der Waals surface area contributed by atoms with E-state index in [0.29, 0.717) is 10.8 Å². The van der Waals surface area contributed by atoms with Crippen molar-refractivity contribution >= 4 is 23.3 Å². The monoisotopic (exact) mass is 262 g/mol. The first-order chi connectivity index (χ1) is 8.68. The van der Waals surface area contributed by atoms with Crippen LogP contribution < -0.4 is 4.90 Å². The largest absolute Gasteiger partial charge is 0.367 e. The molecule has 1 amide bonds.